The Morgan fingerprint density at radius 2 is 2.06 bits per heavy atom. The van der Waals surface area contributed by atoms with Crippen LogP contribution in [0.25, 0.3) is 22.1 Å². The van der Waals surface area contributed by atoms with Crippen molar-refractivity contribution in [2.24, 2.45) is 0 Å². The Kier molecular flexibility index (Phi) is 5.89. The molecule has 182 valence electrons. The van der Waals surface area contributed by atoms with E-state index < -0.39 is 11.6 Å². The van der Waals surface area contributed by atoms with Crippen LogP contribution in [0.15, 0.2) is 71.4 Å². The Morgan fingerprint density at radius 1 is 1.19 bits per heavy atom. The molecule has 4 aromatic rings. The lowest BCUT2D eigenvalue weighted by atomic mass is 9.97. The summed E-state index contributed by atoms with van der Waals surface area (Å²) in [6.45, 7) is 2.24. The predicted molar refractivity (Wildman–Crippen MR) is 132 cm³/mol. The number of urea groups is 1. The first-order valence-electron chi connectivity index (χ1n) is 11.3. The van der Waals surface area contributed by atoms with Gasteiger partial charge in [0.2, 0.25) is 6.41 Å². The Hall–Kier alpha value is -4.66. The summed E-state index contributed by atoms with van der Waals surface area (Å²) in [5, 5.41) is 5.75. The molecule has 0 radical (unpaired) electrons. The first-order chi connectivity index (χ1) is 17.4. The van der Waals surface area contributed by atoms with Crippen molar-refractivity contribution >= 4 is 29.3 Å². The number of carbonyl (C=O) groups excluding carboxylic acids is 3. The zero-order chi connectivity index (χ0) is 25.3. The van der Waals surface area contributed by atoms with Crippen LogP contribution in [-0.4, -0.2) is 41.9 Å². The number of aromatic nitrogens is 1. The summed E-state index contributed by atoms with van der Waals surface area (Å²) in [6.07, 6.45) is 3.80. The highest BCUT2D eigenvalue weighted by Gasteiger charge is 2.39. The van der Waals surface area contributed by atoms with Gasteiger partial charge in [-0.15, -0.1) is 0 Å². The SMILES string of the molecule is COc1ccc2c(c1)C(=O)N(C[C@](C)(NC(=O)NC=O)c1cc3cc(-c4cccnc4)ccc3o1)C2. The number of methoxy groups -OCH3 is 1. The molecule has 1 aliphatic rings. The van der Waals surface area contributed by atoms with Crippen molar-refractivity contribution in [2.75, 3.05) is 13.7 Å². The zero-order valence-electron chi connectivity index (χ0n) is 19.8. The third-order valence-electron chi connectivity index (χ3n) is 6.34. The van der Waals surface area contributed by atoms with E-state index in [-0.39, 0.29) is 12.5 Å². The molecule has 0 aliphatic carbocycles. The molecule has 0 saturated carbocycles. The number of imide groups is 1. The maximum Gasteiger partial charge on any atom is 0.322 e. The number of nitrogens with zero attached hydrogens (tertiary/aromatic N) is 2. The summed E-state index contributed by atoms with van der Waals surface area (Å²) in [5.74, 6) is 0.864. The van der Waals surface area contributed by atoms with Crippen molar-refractivity contribution in [2.45, 2.75) is 19.0 Å². The van der Waals surface area contributed by atoms with Crippen molar-refractivity contribution in [1.29, 1.82) is 0 Å². The van der Waals surface area contributed by atoms with Crippen LogP contribution in [0.5, 0.6) is 5.75 Å². The second-order valence-electron chi connectivity index (χ2n) is 8.84. The molecule has 9 nitrogen and oxygen atoms in total. The summed E-state index contributed by atoms with van der Waals surface area (Å²) >= 11 is 0. The fraction of sp³-hybridized carbons (Fsp3) is 0.185. The molecule has 0 unspecified atom stereocenters. The Labute approximate surface area is 207 Å². The highest BCUT2D eigenvalue weighted by Crippen LogP contribution is 2.34. The van der Waals surface area contributed by atoms with Crippen molar-refractivity contribution in [3.63, 3.8) is 0 Å². The molecule has 4 amide bonds. The fourth-order valence-corrected chi connectivity index (χ4v) is 4.52. The molecular weight excluding hydrogens is 460 g/mol. The number of hydrogen-bond acceptors (Lipinski definition) is 6. The second kappa shape index (κ2) is 9.18. The molecule has 9 heteroatoms. The van der Waals surface area contributed by atoms with Crippen LogP contribution < -0.4 is 15.4 Å². The van der Waals surface area contributed by atoms with Gasteiger partial charge in [-0.3, -0.25) is 19.9 Å². The zero-order valence-corrected chi connectivity index (χ0v) is 19.8. The molecule has 0 bridgehead atoms. The normalized spacial score (nSPS) is 14.3. The molecule has 0 fully saturated rings. The van der Waals surface area contributed by atoms with E-state index in [2.05, 4.69) is 15.6 Å². The van der Waals surface area contributed by atoms with E-state index in [4.69, 9.17) is 9.15 Å². The van der Waals surface area contributed by atoms with Gasteiger partial charge in [-0.2, -0.15) is 0 Å². The molecular formula is C27H24N4O5. The van der Waals surface area contributed by atoms with Crippen molar-refractivity contribution in [1.82, 2.24) is 20.5 Å². The quantitative estimate of drug-likeness (QED) is 0.386. The molecule has 3 heterocycles. The fourth-order valence-electron chi connectivity index (χ4n) is 4.52. The number of amides is 4. The average Bonchev–Trinajstić information content (AvgIpc) is 3.45. The van der Waals surface area contributed by atoms with Gasteiger partial charge in [-0.25, -0.2) is 4.79 Å². The lowest BCUT2D eigenvalue weighted by Crippen LogP contribution is -2.53. The number of benzene rings is 2. The molecule has 1 atom stereocenters. The van der Waals surface area contributed by atoms with Gasteiger partial charge in [0.25, 0.3) is 5.91 Å². The summed E-state index contributed by atoms with van der Waals surface area (Å²) in [6, 6.07) is 16.1. The minimum absolute atomic E-state index is 0.115. The number of pyridine rings is 1. The maximum atomic E-state index is 13.2. The summed E-state index contributed by atoms with van der Waals surface area (Å²) < 4.78 is 11.4. The average molecular weight is 485 g/mol. The molecule has 36 heavy (non-hydrogen) atoms. The monoisotopic (exact) mass is 484 g/mol. The standard InChI is InChI=1S/C27H24N4O5/c1-27(30-26(34)29-16-32,15-31-14-19-5-7-21(35-2)12-22(19)25(31)33)24-11-20-10-17(6-8-23(20)36-24)18-4-3-9-28-13-18/h3-13,16H,14-15H2,1-2H3,(H2,29,30,32,34)/t27-/m0/s1. The van der Waals surface area contributed by atoms with E-state index >= 15 is 0 Å². The van der Waals surface area contributed by atoms with E-state index in [1.807, 2.05) is 48.5 Å². The Bertz CT molecular complexity index is 1470. The highest BCUT2D eigenvalue weighted by atomic mass is 16.5. The second-order valence-corrected chi connectivity index (χ2v) is 8.84. The van der Waals surface area contributed by atoms with Crippen LogP contribution in [0, 0.1) is 0 Å². The number of furan rings is 1. The van der Waals surface area contributed by atoms with Gasteiger partial charge >= 0.3 is 6.03 Å². The van der Waals surface area contributed by atoms with Crippen LogP contribution in [-0.2, 0) is 16.9 Å². The molecule has 2 aromatic heterocycles. The number of rotatable bonds is 7. The summed E-state index contributed by atoms with van der Waals surface area (Å²) in [7, 11) is 1.55. The molecule has 1 aliphatic heterocycles. The predicted octanol–water partition coefficient (Wildman–Crippen LogP) is 3.83. The van der Waals surface area contributed by atoms with E-state index in [1.165, 1.54) is 0 Å². The van der Waals surface area contributed by atoms with E-state index in [1.54, 1.807) is 37.4 Å². The number of fused-ring (bicyclic) bond motifs is 2. The minimum Gasteiger partial charge on any atom is -0.497 e. The van der Waals surface area contributed by atoms with Crippen LogP contribution >= 0.6 is 0 Å². The number of ether oxygens (including phenoxy) is 1. The van der Waals surface area contributed by atoms with Crippen molar-refractivity contribution < 1.29 is 23.5 Å². The third-order valence-corrected chi connectivity index (χ3v) is 6.34. The van der Waals surface area contributed by atoms with Gasteiger partial charge in [0.05, 0.1) is 13.7 Å². The number of nitrogens with one attached hydrogen (secondary N) is 2. The van der Waals surface area contributed by atoms with Crippen LogP contribution in [0.4, 0.5) is 4.79 Å². The van der Waals surface area contributed by atoms with Gasteiger partial charge in [-0.05, 0) is 54.4 Å². The van der Waals surface area contributed by atoms with Crippen LogP contribution in [0.1, 0.15) is 28.6 Å². The first-order valence-corrected chi connectivity index (χ1v) is 11.3. The first kappa shape index (κ1) is 23.1. The number of carbonyl (C=O) groups is 3. The van der Waals surface area contributed by atoms with Crippen molar-refractivity contribution in [3.8, 4) is 16.9 Å². The smallest absolute Gasteiger partial charge is 0.322 e. The maximum absolute atomic E-state index is 13.2. The van der Waals surface area contributed by atoms with Gasteiger partial charge in [0.1, 0.15) is 22.6 Å². The molecule has 0 spiro atoms. The van der Waals surface area contributed by atoms with Gasteiger partial charge in [0.15, 0.2) is 0 Å². The number of hydrogen-bond donors (Lipinski definition) is 2. The van der Waals surface area contributed by atoms with E-state index in [9.17, 15) is 14.4 Å². The minimum atomic E-state index is -1.14. The molecule has 2 N–H and O–H groups in total. The largest absolute Gasteiger partial charge is 0.497 e. The topological polar surface area (TPSA) is 114 Å². The highest BCUT2D eigenvalue weighted by molar-refractivity contribution is 5.99. The van der Waals surface area contributed by atoms with Crippen LogP contribution in [0.3, 0.4) is 0 Å². The summed E-state index contributed by atoms with van der Waals surface area (Å²) in [4.78, 5) is 42.3. The third kappa shape index (κ3) is 4.26. The van der Waals surface area contributed by atoms with Gasteiger partial charge in [0, 0.05) is 35.5 Å². The molecule has 0 saturated heterocycles. The lowest BCUT2D eigenvalue weighted by molar-refractivity contribution is -0.108. The molecule has 5 rings (SSSR count). The Balaban J connectivity index is 1.49. The van der Waals surface area contributed by atoms with Crippen molar-refractivity contribution in [3.05, 3.63) is 83.9 Å². The van der Waals surface area contributed by atoms with E-state index in [0.717, 1.165) is 22.1 Å². The van der Waals surface area contributed by atoms with E-state index in [0.29, 0.717) is 35.6 Å². The Morgan fingerprint density at radius 3 is 2.81 bits per heavy atom. The molecule has 2 aromatic carbocycles. The van der Waals surface area contributed by atoms with Gasteiger partial charge < -0.3 is 19.4 Å². The summed E-state index contributed by atoms with van der Waals surface area (Å²) in [5.41, 5.74) is 2.84. The van der Waals surface area contributed by atoms with Crippen LogP contribution in [0.2, 0.25) is 0 Å². The van der Waals surface area contributed by atoms with Gasteiger partial charge in [-0.1, -0.05) is 18.2 Å². The lowest BCUT2D eigenvalue weighted by Gasteiger charge is -2.32.